The summed E-state index contributed by atoms with van der Waals surface area (Å²) in [6, 6.07) is 0. The van der Waals surface area contributed by atoms with E-state index in [9.17, 15) is 43.2 Å². The highest BCUT2D eigenvalue weighted by atomic mass is 31.2. The number of phosphoric acid groups is 2. The third-order valence-electron chi connectivity index (χ3n) is 17.5. The zero-order valence-corrected chi connectivity index (χ0v) is 62.9. The van der Waals surface area contributed by atoms with Gasteiger partial charge in [0.25, 0.3) is 0 Å². The highest BCUT2D eigenvalue weighted by Gasteiger charge is 2.30. The predicted molar refractivity (Wildman–Crippen MR) is 382 cm³/mol. The van der Waals surface area contributed by atoms with E-state index in [1.165, 1.54) is 218 Å². The normalized spacial score (nSPS) is 14.0. The molecule has 3 N–H and O–H groups in total. The van der Waals surface area contributed by atoms with Gasteiger partial charge in [-0.3, -0.25) is 37.3 Å². The maximum Gasteiger partial charge on any atom is 0.472 e. The van der Waals surface area contributed by atoms with Crippen LogP contribution in [-0.4, -0.2) is 96.7 Å². The number of aliphatic hydroxyl groups excluding tert-OH is 1. The Labute approximate surface area is 575 Å². The van der Waals surface area contributed by atoms with E-state index in [2.05, 4.69) is 34.6 Å². The van der Waals surface area contributed by atoms with Crippen LogP contribution in [0.15, 0.2) is 0 Å². The van der Waals surface area contributed by atoms with Gasteiger partial charge in [-0.05, 0) is 31.6 Å². The average molecular weight is 1380 g/mol. The van der Waals surface area contributed by atoms with Crippen molar-refractivity contribution in [1.82, 2.24) is 0 Å². The molecule has 0 saturated heterocycles. The maximum atomic E-state index is 13.1. The number of hydrogen-bond donors (Lipinski definition) is 3. The van der Waals surface area contributed by atoms with Gasteiger partial charge in [-0.1, -0.05) is 343 Å². The molecule has 0 saturated carbocycles. The van der Waals surface area contributed by atoms with Gasteiger partial charge in [-0.25, -0.2) is 9.13 Å². The van der Waals surface area contributed by atoms with Gasteiger partial charge >= 0.3 is 39.5 Å². The molecule has 17 nitrogen and oxygen atoms in total. The van der Waals surface area contributed by atoms with E-state index in [0.717, 1.165) is 95.8 Å². The summed E-state index contributed by atoms with van der Waals surface area (Å²) in [5, 5.41) is 10.6. The second-order valence-corrected chi connectivity index (χ2v) is 30.4. The molecule has 0 fully saturated rings. The summed E-state index contributed by atoms with van der Waals surface area (Å²) in [5.41, 5.74) is 0. The van der Waals surface area contributed by atoms with Crippen LogP contribution in [0.3, 0.4) is 0 Å². The zero-order valence-electron chi connectivity index (χ0n) is 61.1. The lowest BCUT2D eigenvalue weighted by Crippen LogP contribution is -2.30. The second kappa shape index (κ2) is 68.2. The van der Waals surface area contributed by atoms with E-state index in [-0.39, 0.29) is 25.7 Å². The van der Waals surface area contributed by atoms with E-state index >= 15 is 0 Å². The molecule has 0 bridgehead atoms. The van der Waals surface area contributed by atoms with Crippen LogP contribution in [0.5, 0.6) is 0 Å². The number of rotatable bonds is 75. The molecule has 0 aliphatic carbocycles. The zero-order chi connectivity index (χ0) is 69.1. The molecule has 558 valence electrons. The van der Waals surface area contributed by atoms with Crippen LogP contribution in [0.1, 0.15) is 394 Å². The summed E-state index contributed by atoms with van der Waals surface area (Å²) in [7, 11) is -9.90. The van der Waals surface area contributed by atoms with Crippen molar-refractivity contribution in [3.8, 4) is 0 Å². The number of aliphatic hydroxyl groups is 1. The van der Waals surface area contributed by atoms with Crippen molar-refractivity contribution in [2.45, 2.75) is 412 Å². The molecule has 94 heavy (non-hydrogen) atoms. The van der Waals surface area contributed by atoms with Crippen LogP contribution < -0.4 is 0 Å². The first-order valence-corrected chi connectivity index (χ1v) is 42.1. The molecule has 0 aliphatic rings. The number of esters is 4. The predicted octanol–water partition coefficient (Wildman–Crippen LogP) is 22.1. The summed E-state index contributed by atoms with van der Waals surface area (Å²) in [5.74, 6) is -1.40. The van der Waals surface area contributed by atoms with Crippen molar-refractivity contribution in [3.63, 3.8) is 0 Å². The first-order chi connectivity index (χ1) is 45.5. The standard InChI is InChI=1S/C75H146O17P2/c1-6-9-12-15-18-21-23-25-27-29-31-33-35-38-44-49-54-59-73(78)86-65-70(91-74(79)60-55-50-45-39-36-34-32-30-28-26-24-22-19-16-13-10-7-2)66-89-93(81,82)87-62-69(76)63-88-94(83,84)90-67-71(64-85-72(77)58-53-48-43-37-20-17-14-11-8-3)92-75(80)61-56-51-46-41-40-42-47-52-57-68(4)5/h68-71,76H,6-67H2,1-5H3,(H,81,82)(H,83,84)/t69-,70-,71-/m1/s1. The Hall–Kier alpha value is -1.94. The molecule has 0 amide bonds. The summed E-state index contributed by atoms with van der Waals surface area (Å²) in [6.45, 7) is 7.23. The molecule has 0 aromatic heterocycles. The summed E-state index contributed by atoms with van der Waals surface area (Å²) in [4.78, 5) is 72.7. The number of phosphoric ester groups is 2. The third kappa shape index (κ3) is 68.6. The van der Waals surface area contributed by atoms with E-state index in [4.69, 9.17) is 37.0 Å². The molecule has 5 atom stereocenters. The van der Waals surface area contributed by atoms with Crippen molar-refractivity contribution in [2.75, 3.05) is 39.6 Å². The number of carbonyl (C=O) groups is 4. The molecule has 0 spiro atoms. The van der Waals surface area contributed by atoms with Crippen molar-refractivity contribution in [3.05, 3.63) is 0 Å². The van der Waals surface area contributed by atoms with Gasteiger partial charge in [0.15, 0.2) is 12.2 Å². The fourth-order valence-electron chi connectivity index (χ4n) is 11.5. The van der Waals surface area contributed by atoms with E-state index in [1.54, 1.807) is 0 Å². The SMILES string of the molecule is CCCCCCCCCCCCCCCCCCCC(=O)OC[C@H](COP(=O)(O)OC[C@@H](O)COP(=O)(O)OC[C@@H](COC(=O)CCCCCCCCCCC)OC(=O)CCCCCCCCCCC(C)C)OC(=O)CCCCCCCCCCCCCCCCCCC. The van der Waals surface area contributed by atoms with Gasteiger partial charge in [-0.2, -0.15) is 0 Å². The van der Waals surface area contributed by atoms with Crippen LogP contribution in [0.4, 0.5) is 0 Å². The van der Waals surface area contributed by atoms with E-state index in [1.807, 2.05) is 0 Å². The van der Waals surface area contributed by atoms with Crippen LogP contribution in [-0.2, 0) is 65.4 Å². The van der Waals surface area contributed by atoms with Crippen LogP contribution in [0.2, 0.25) is 0 Å². The van der Waals surface area contributed by atoms with Crippen molar-refractivity contribution < 1.29 is 80.2 Å². The first-order valence-electron chi connectivity index (χ1n) is 39.1. The third-order valence-corrected chi connectivity index (χ3v) is 19.4. The molecule has 0 aliphatic heterocycles. The highest BCUT2D eigenvalue weighted by molar-refractivity contribution is 7.47. The fourth-order valence-corrected chi connectivity index (χ4v) is 13.1. The number of unbranched alkanes of at least 4 members (excludes halogenated alkanes) is 47. The lowest BCUT2D eigenvalue weighted by molar-refractivity contribution is -0.161. The number of ether oxygens (including phenoxy) is 4. The summed E-state index contributed by atoms with van der Waals surface area (Å²) in [6.07, 6.45) is 56.9. The minimum Gasteiger partial charge on any atom is -0.462 e. The Kier molecular flexibility index (Phi) is 66.8. The molecule has 2 unspecified atom stereocenters. The Morgan fingerprint density at radius 3 is 0.723 bits per heavy atom. The maximum absolute atomic E-state index is 13.1. The average Bonchev–Trinajstić information content (AvgIpc) is 1.57. The number of hydrogen-bond acceptors (Lipinski definition) is 15. The molecule has 0 aromatic carbocycles. The van der Waals surface area contributed by atoms with Crippen molar-refractivity contribution in [1.29, 1.82) is 0 Å². The first kappa shape index (κ1) is 92.1. The van der Waals surface area contributed by atoms with Gasteiger partial charge in [0, 0.05) is 25.7 Å². The van der Waals surface area contributed by atoms with Crippen molar-refractivity contribution >= 4 is 39.5 Å². The van der Waals surface area contributed by atoms with E-state index < -0.39 is 97.5 Å². The molecule has 0 rings (SSSR count). The van der Waals surface area contributed by atoms with Gasteiger partial charge in [0.05, 0.1) is 26.4 Å². The minimum atomic E-state index is -4.96. The Morgan fingerprint density at radius 2 is 0.489 bits per heavy atom. The Morgan fingerprint density at radius 1 is 0.287 bits per heavy atom. The minimum absolute atomic E-state index is 0.105. The largest absolute Gasteiger partial charge is 0.472 e. The lowest BCUT2D eigenvalue weighted by atomic mass is 10.0. The van der Waals surface area contributed by atoms with Crippen LogP contribution in [0.25, 0.3) is 0 Å². The number of carbonyl (C=O) groups excluding carboxylic acids is 4. The molecular formula is C75H146O17P2. The van der Waals surface area contributed by atoms with Gasteiger partial charge < -0.3 is 33.8 Å². The summed E-state index contributed by atoms with van der Waals surface area (Å²) >= 11 is 0. The lowest BCUT2D eigenvalue weighted by Gasteiger charge is -2.21. The summed E-state index contributed by atoms with van der Waals surface area (Å²) < 4.78 is 68.4. The fraction of sp³-hybridized carbons (Fsp3) is 0.947. The van der Waals surface area contributed by atoms with Crippen LogP contribution in [0, 0.1) is 5.92 Å². The van der Waals surface area contributed by atoms with Gasteiger partial charge in [-0.15, -0.1) is 0 Å². The topological polar surface area (TPSA) is 237 Å². The van der Waals surface area contributed by atoms with Gasteiger partial charge in [0.1, 0.15) is 19.3 Å². The molecule has 0 aromatic rings. The molecule has 0 heterocycles. The highest BCUT2D eigenvalue weighted by Crippen LogP contribution is 2.45. The monoisotopic (exact) mass is 1380 g/mol. The van der Waals surface area contributed by atoms with Crippen molar-refractivity contribution in [2.24, 2.45) is 5.92 Å². The quantitative estimate of drug-likeness (QED) is 0.0222. The molecular weight excluding hydrogens is 1230 g/mol. The molecule has 19 heteroatoms. The van der Waals surface area contributed by atoms with Crippen LogP contribution >= 0.6 is 15.6 Å². The smallest absolute Gasteiger partial charge is 0.462 e. The Balaban J connectivity index is 5.21. The molecule has 0 radical (unpaired) electrons. The van der Waals surface area contributed by atoms with Gasteiger partial charge in [0.2, 0.25) is 0 Å². The van der Waals surface area contributed by atoms with E-state index in [0.29, 0.717) is 25.7 Å². The second-order valence-electron chi connectivity index (χ2n) is 27.5. The Bertz CT molecular complexity index is 1810.